The first-order valence-electron chi connectivity index (χ1n) is 11.8. The van der Waals surface area contributed by atoms with E-state index < -0.39 is 17.0 Å². The molecule has 10 heteroatoms. The Morgan fingerprint density at radius 2 is 1.77 bits per heavy atom. The van der Waals surface area contributed by atoms with Crippen molar-refractivity contribution in [3.05, 3.63) is 46.8 Å². The maximum atomic E-state index is 13.6. The lowest BCUT2D eigenvalue weighted by atomic mass is 9.34. The van der Waals surface area contributed by atoms with E-state index in [4.69, 9.17) is 19.4 Å². The summed E-state index contributed by atoms with van der Waals surface area (Å²) in [6, 6.07) is 3.73. The van der Waals surface area contributed by atoms with Crippen molar-refractivity contribution >= 4 is 11.2 Å². The molecule has 4 heterocycles. The fraction of sp³-hybridized carbons (Fsp3) is 0.560. The predicted octanol–water partition coefficient (Wildman–Crippen LogP) is 5.06. The summed E-state index contributed by atoms with van der Waals surface area (Å²) in [7, 11) is 1.57. The lowest BCUT2D eigenvalue weighted by Gasteiger charge is -2.70. The van der Waals surface area contributed by atoms with Crippen LogP contribution in [0, 0.1) is 19.3 Å². The molecule has 4 aliphatic rings. The molecule has 4 fully saturated rings. The Morgan fingerprint density at radius 3 is 2.43 bits per heavy atom. The number of ether oxygens (including phenoxy) is 2. The van der Waals surface area contributed by atoms with Gasteiger partial charge in [0.15, 0.2) is 5.65 Å². The Bertz CT molecular complexity index is 1290. The first-order chi connectivity index (χ1) is 16.6. The lowest BCUT2D eigenvalue weighted by molar-refractivity contribution is -0.337. The molecule has 3 saturated carbocycles. The molecule has 3 aromatic rings. The van der Waals surface area contributed by atoms with Gasteiger partial charge in [-0.2, -0.15) is 13.2 Å². The molecule has 184 valence electrons. The van der Waals surface area contributed by atoms with Crippen molar-refractivity contribution in [3.8, 4) is 5.88 Å². The molecule has 3 aliphatic carbocycles. The van der Waals surface area contributed by atoms with Crippen LogP contribution in [0.4, 0.5) is 13.2 Å². The van der Waals surface area contributed by atoms with Crippen LogP contribution in [0.15, 0.2) is 18.3 Å². The van der Waals surface area contributed by atoms with Crippen LogP contribution in [0.5, 0.6) is 5.88 Å². The van der Waals surface area contributed by atoms with E-state index in [0.29, 0.717) is 41.6 Å². The van der Waals surface area contributed by atoms with Crippen molar-refractivity contribution in [3.63, 3.8) is 0 Å². The molecule has 1 saturated heterocycles. The molecule has 35 heavy (non-hydrogen) atoms. The van der Waals surface area contributed by atoms with Gasteiger partial charge in [-0.15, -0.1) is 0 Å². The number of nitrogens with zero attached hydrogens (tertiary/aromatic N) is 5. The third-order valence-electron chi connectivity index (χ3n) is 8.08. The van der Waals surface area contributed by atoms with Gasteiger partial charge in [-0.3, -0.25) is 0 Å². The van der Waals surface area contributed by atoms with Gasteiger partial charge < -0.3 is 9.47 Å². The summed E-state index contributed by atoms with van der Waals surface area (Å²) in [6.07, 6.45) is -1.04. The molecule has 0 amide bonds. The summed E-state index contributed by atoms with van der Waals surface area (Å²) in [4.78, 5) is 23.3. The van der Waals surface area contributed by atoms with Crippen LogP contribution >= 0.6 is 0 Å². The Morgan fingerprint density at radius 1 is 1.03 bits per heavy atom. The minimum atomic E-state index is -4.18. The largest absolute Gasteiger partial charge is 0.481 e. The van der Waals surface area contributed by atoms with Gasteiger partial charge in [0.2, 0.25) is 5.88 Å². The average molecular weight is 486 g/mol. The number of rotatable bonds is 4. The minimum absolute atomic E-state index is 0.00802. The van der Waals surface area contributed by atoms with E-state index in [9.17, 15) is 13.2 Å². The fourth-order valence-corrected chi connectivity index (χ4v) is 5.99. The molecule has 0 N–H and O–H groups in total. The number of hydrogen-bond acceptors (Lipinski definition) is 7. The lowest BCUT2D eigenvalue weighted by Crippen LogP contribution is -2.70. The monoisotopic (exact) mass is 485 g/mol. The summed E-state index contributed by atoms with van der Waals surface area (Å²) in [6.45, 7) is 4.24. The third kappa shape index (κ3) is 3.40. The van der Waals surface area contributed by atoms with Crippen LogP contribution in [0.1, 0.15) is 72.6 Å². The Balaban J connectivity index is 1.36. The van der Waals surface area contributed by atoms with Crippen molar-refractivity contribution in [2.75, 3.05) is 13.7 Å². The maximum Gasteiger partial charge on any atom is 0.394 e. The van der Waals surface area contributed by atoms with Crippen molar-refractivity contribution in [1.82, 2.24) is 24.9 Å². The quantitative estimate of drug-likeness (QED) is 0.511. The van der Waals surface area contributed by atoms with E-state index in [0.717, 1.165) is 23.4 Å². The second kappa shape index (κ2) is 7.56. The standard InChI is InChI=1S/C25H26F3N5O2/c1-13-14(2)31-22-19(30-13)20(23-10-24(11-23,12-23)25(26,27)28)32-21(33-22)15-6-7-35-17(8-15)16-4-5-18(34-3)29-9-16/h4-5,9,15,17H,6-8,10-12H2,1-3H3/t15-,17+,23?,24?/m0/s1. The molecule has 2 bridgehead atoms. The van der Waals surface area contributed by atoms with Crippen molar-refractivity contribution in [2.45, 2.75) is 69.6 Å². The predicted molar refractivity (Wildman–Crippen MR) is 120 cm³/mol. The summed E-state index contributed by atoms with van der Waals surface area (Å²) in [5, 5.41) is 0. The van der Waals surface area contributed by atoms with E-state index in [1.54, 1.807) is 19.4 Å². The molecule has 7 rings (SSSR count). The van der Waals surface area contributed by atoms with E-state index in [1.165, 1.54) is 0 Å². The van der Waals surface area contributed by atoms with Crippen molar-refractivity contribution < 1.29 is 22.6 Å². The summed E-state index contributed by atoms with van der Waals surface area (Å²) in [5.74, 6) is 1.14. The van der Waals surface area contributed by atoms with Gasteiger partial charge in [0, 0.05) is 30.2 Å². The summed E-state index contributed by atoms with van der Waals surface area (Å²) >= 11 is 0. The van der Waals surface area contributed by atoms with Crippen LogP contribution in [-0.2, 0) is 10.2 Å². The van der Waals surface area contributed by atoms with E-state index in [1.807, 2.05) is 19.9 Å². The van der Waals surface area contributed by atoms with Gasteiger partial charge in [0.05, 0.1) is 35.7 Å². The van der Waals surface area contributed by atoms with Crippen LogP contribution in [0.25, 0.3) is 11.2 Å². The van der Waals surface area contributed by atoms with E-state index in [-0.39, 0.29) is 31.3 Å². The number of hydrogen-bond donors (Lipinski definition) is 0. The second-order valence-corrected chi connectivity index (χ2v) is 10.3. The molecular weight excluding hydrogens is 459 g/mol. The fourth-order valence-electron chi connectivity index (χ4n) is 5.99. The van der Waals surface area contributed by atoms with Crippen LogP contribution < -0.4 is 4.74 Å². The smallest absolute Gasteiger partial charge is 0.394 e. The summed E-state index contributed by atoms with van der Waals surface area (Å²) in [5.41, 5.74) is 1.91. The SMILES string of the molecule is COc1ccc([C@H]2C[C@@H](c3nc(C45CC(C(F)(F)F)(C4)C5)c4nc(C)c(C)nc4n3)CCO2)cn1. The zero-order chi connectivity index (χ0) is 24.6. The molecule has 1 aliphatic heterocycles. The zero-order valence-corrected chi connectivity index (χ0v) is 19.8. The van der Waals surface area contributed by atoms with Gasteiger partial charge in [-0.25, -0.2) is 24.9 Å². The molecular formula is C25H26F3N5O2. The number of aryl methyl sites for hydroxylation is 2. The molecule has 0 aromatic carbocycles. The van der Waals surface area contributed by atoms with Gasteiger partial charge in [0.1, 0.15) is 11.3 Å². The zero-order valence-electron chi connectivity index (χ0n) is 19.8. The van der Waals surface area contributed by atoms with Crippen molar-refractivity contribution in [1.29, 1.82) is 0 Å². The first-order valence-corrected chi connectivity index (χ1v) is 11.8. The molecule has 3 aromatic heterocycles. The maximum absolute atomic E-state index is 13.6. The average Bonchev–Trinajstić information content (AvgIpc) is 2.77. The normalized spacial score (nSPS) is 30.0. The van der Waals surface area contributed by atoms with Crippen LogP contribution in [-0.4, -0.2) is 44.8 Å². The topological polar surface area (TPSA) is 82.9 Å². The Hall–Kier alpha value is -2.88. The molecule has 0 unspecified atom stereocenters. The van der Waals surface area contributed by atoms with E-state index in [2.05, 4.69) is 15.0 Å². The second-order valence-electron chi connectivity index (χ2n) is 10.3. The van der Waals surface area contributed by atoms with Gasteiger partial charge in [-0.1, -0.05) is 0 Å². The van der Waals surface area contributed by atoms with Crippen molar-refractivity contribution in [2.24, 2.45) is 5.41 Å². The molecule has 7 nitrogen and oxygen atoms in total. The number of methoxy groups -OCH3 is 1. The van der Waals surface area contributed by atoms with Crippen LogP contribution in [0.2, 0.25) is 0 Å². The van der Waals surface area contributed by atoms with Gasteiger partial charge in [0.25, 0.3) is 0 Å². The van der Waals surface area contributed by atoms with Gasteiger partial charge >= 0.3 is 6.18 Å². The number of fused-ring (bicyclic) bond motifs is 1. The van der Waals surface area contributed by atoms with Gasteiger partial charge in [-0.05, 0) is 57.6 Å². The Labute approximate surface area is 200 Å². The number of halogens is 3. The molecule has 0 radical (unpaired) electrons. The molecule has 2 atom stereocenters. The highest BCUT2D eigenvalue weighted by Gasteiger charge is 2.79. The van der Waals surface area contributed by atoms with E-state index >= 15 is 0 Å². The number of alkyl halides is 3. The highest BCUT2D eigenvalue weighted by molar-refractivity contribution is 5.75. The summed E-state index contributed by atoms with van der Waals surface area (Å²) < 4.78 is 51.9. The minimum Gasteiger partial charge on any atom is -0.481 e. The third-order valence-corrected chi connectivity index (χ3v) is 8.08. The number of pyridine rings is 1. The Kier molecular flexibility index (Phi) is 4.87. The highest BCUT2D eigenvalue weighted by Crippen LogP contribution is 2.78. The first kappa shape index (κ1) is 22.6. The van der Waals surface area contributed by atoms with Crippen LogP contribution in [0.3, 0.4) is 0 Å². The number of aromatic nitrogens is 5. The molecule has 0 spiro atoms. The highest BCUT2D eigenvalue weighted by atomic mass is 19.4.